The largest absolute Gasteiger partial charge is 0.368 e. The number of rotatable bonds is 3. The van der Waals surface area contributed by atoms with E-state index < -0.39 is 0 Å². The average Bonchev–Trinajstić information content (AvgIpc) is 2.71. The van der Waals surface area contributed by atoms with E-state index in [-0.39, 0.29) is 11.6 Å². The molecule has 3 nitrogen and oxygen atoms in total. The molecule has 0 N–H and O–H groups in total. The van der Waals surface area contributed by atoms with E-state index in [0.717, 1.165) is 31.5 Å². The van der Waals surface area contributed by atoms with E-state index in [2.05, 4.69) is 30.9 Å². The zero-order valence-corrected chi connectivity index (χ0v) is 16.0. The van der Waals surface area contributed by atoms with Gasteiger partial charge in [-0.2, -0.15) is 0 Å². The Morgan fingerprint density at radius 1 is 0.778 bits per heavy atom. The van der Waals surface area contributed by atoms with Crippen LogP contribution in [0.3, 0.4) is 0 Å². The summed E-state index contributed by atoms with van der Waals surface area (Å²) >= 11 is 0. The van der Waals surface area contributed by atoms with Crippen LogP contribution in [0.15, 0.2) is 54.2 Å². The maximum Gasteiger partial charge on any atom is 0.210 e. The van der Waals surface area contributed by atoms with Gasteiger partial charge in [0.2, 0.25) is 5.78 Å². The van der Waals surface area contributed by atoms with Crippen LogP contribution in [-0.4, -0.2) is 29.6 Å². The van der Waals surface area contributed by atoms with Crippen LogP contribution in [0.4, 0.5) is 0 Å². The van der Waals surface area contributed by atoms with E-state index in [9.17, 15) is 9.59 Å². The second-order valence-electron chi connectivity index (χ2n) is 7.75. The number of allylic oxidation sites excluding steroid dienone is 2. The summed E-state index contributed by atoms with van der Waals surface area (Å²) in [7, 11) is 0. The van der Waals surface area contributed by atoms with Gasteiger partial charge < -0.3 is 4.90 Å². The van der Waals surface area contributed by atoms with Gasteiger partial charge in [-0.3, -0.25) is 9.59 Å². The monoisotopic (exact) mass is 359 g/mol. The highest BCUT2D eigenvalue weighted by atomic mass is 16.1. The molecule has 1 aliphatic heterocycles. The Morgan fingerprint density at radius 3 is 1.96 bits per heavy atom. The van der Waals surface area contributed by atoms with E-state index >= 15 is 0 Å². The molecular formula is C24H25NO2. The third-order valence-corrected chi connectivity index (χ3v) is 5.63. The van der Waals surface area contributed by atoms with Gasteiger partial charge in [0, 0.05) is 24.2 Å². The molecule has 1 aliphatic carbocycles. The number of hydrogen-bond acceptors (Lipinski definition) is 3. The third kappa shape index (κ3) is 3.12. The second-order valence-corrected chi connectivity index (χ2v) is 7.75. The molecule has 2 aromatic rings. The normalized spacial score (nSPS) is 17.5. The van der Waals surface area contributed by atoms with E-state index in [1.807, 2.05) is 24.3 Å². The summed E-state index contributed by atoms with van der Waals surface area (Å²) in [5.74, 6) is 0.372. The summed E-state index contributed by atoms with van der Waals surface area (Å²) in [6, 6.07) is 15.3. The number of Topliss-reactive ketones (excluding diaryl/α,β-unsaturated/α-hetero) is 2. The minimum absolute atomic E-state index is 0.0185. The van der Waals surface area contributed by atoms with Crippen molar-refractivity contribution in [1.82, 2.24) is 4.90 Å². The molecule has 0 radical (unpaired) electrons. The van der Waals surface area contributed by atoms with Crippen LogP contribution >= 0.6 is 0 Å². The molecule has 1 heterocycles. The smallest absolute Gasteiger partial charge is 0.210 e. The van der Waals surface area contributed by atoms with Crippen LogP contribution < -0.4 is 0 Å². The van der Waals surface area contributed by atoms with Crippen molar-refractivity contribution in [2.24, 2.45) is 0 Å². The highest BCUT2D eigenvalue weighted by Gasteiger charge is 2.35. The maximum atomic E-state index is 13.4. The van der Waals surface area contributed by atoms with Crippen molar-refractivity contribution >= 4 is 17.1 Å². The van der Waals surface area contributed by atoms with Gasteiger partial charge in [0.1, 0.15) is 0 Å². The molecule has 1 fully saturated rings. The number of piperidine rings is 1. The summed E-state index contributed by atoms with van der Waals surface area (Å²) in [6.45, 7) is 5.98. The van der Waals surface area contributed by atoms with Crippen molar-refractivity contribution < 1.29 is 9.59 Å². The molecule has 0 atom stereocenters. The number of benzene rings is 2. The molecule has 138 valence electrons. The lowest BCUT2D eigenvalue weighted by atomic mass is 9.82. The predicted octanol–water partition coefficient (Wildman–Crippen LogP) is 5.09. The maximum absolute atomic E-state index is 13.4. The Labute approximate surface area is 160 Å². The van der Waals surface area contributed by atoms with E-state index in [4.69, 9.17) is 0 Å². The topological polar surface area (TPSA) is 37.4 Å². The highest BCUT2D eigenvalue weighted by molar-refractivity contribution is 6.40. The van der Waals surface area contributed by atoms with Gasteiger partial charge in [-0.1, -0.05) is 62.4 Å². The van der Waals surface area contributed by atoms with Gasteiger partial charge in [0.05, 0.1) is 11.3 Å². The molecule has 3 heteroatoms. The third-order valence-electron chi connectivity index (χ3n) is 5.63. The van der Waals surface area contributed by atoms with Crippen molar-refractivity contribution in [3.8, 4) is 0 Å². The summed E-state index contributed by atoms with van der Waals surface area (Å²) < 4.78 is 0. The average molecular weight is 359 g/mol. The Hall–Kier alpha value is -2.68. The fourth-order valence-electron chi connectivity index (χ4n) is 4.08. The van der Waals surface area contributed by atoms with E-state index in [1.165, 1.54) is 12.0 Å². The van der Waals surface area contributed by atoms with Gasteiger partial charge in [0.15, 0.2) is 5.78 Å². The molecule has 0 spiro atoms. The van der Waals surface area contributed by atoms with Gasteiger partial charge in [-0.25, -0.2) is 0 Å². The van der Waals surface area contributed by atoms with Crippen LogP contribution in [-0.2, 0) is 0 Å². The molecule has 2 aromatic carbocycles. The molecule has 1 saturated heterocycles. The fourth-order valence-corrected chi connectivity index (χ4v) is 4.08. The van der Waals surface area contributed by atoms with Crippen LogP contribution in [0.2, 0.25) is 0 Å². The zero-order valence-electron chi connectivity index (χ0n) is 16.0. The SMILES string of the molecule is CC(C)c1ccc(C2=C(N3CCCCC3)C(=O)c3ccccc3C2=O)cc1. The van der Waals surface area contributed by atoms with Gasteiger partial charge >= 0.3 is 0 Å². The van der Waals surface area contributed by atoms with Crippen LogP contribution in [0.25, 0.3) is 5.57 Å². The molecule has 0 bridgehead atoms. The minimum atomic E-state index is -0.0388. The van der Waals surface area contributed by atoms with Crippen LogP contribution in [0, 0.1) is 0 Å². The van der Waals surface area contributed by atoms with Gasteiger partial charge in [-0.05, 0) is 36.3 Å². The minimum Gasteiger partial charge on any atom is -0.368 e. The van der Waals surface area contributed by atoms with Crippen molar-refractivity contribution in [1.29, 1.82) is 0 Å². The summed E-state index contributed by atoms with van der Waals surface area (Å²) in [4.78, 5) is 28.9. The Balaban J connectivity index is 1.88. The van der Waals surface area contributed by atoms with Crippen molar-refractivity contribution in [3.63, 3.8) is 0 Å². The van der Waals surface area contributed by atoms with Crippen LogP contribution in [0.5, 0.6) is 0 Å². The van der Waals surface area contributed by atoms with Crippen molar-refractivity contribution in [3.05, 3.63) is 76.5 Å². The number of carbonyl (C=O) groups is 2. The second kappa shape index (κ2) is 7.15. The van der Waals surface area contributed by atoms with E-state index in [1.54, 1.807) is 12.1 Å². The number of fused-ring (bicyclic) bond motifs is 1. The lowest BCUT2D eigenvalue weighted by Crippen LogP contribution is -2.37. The van der Waals surface area contributed by atoms with Gasteiger partial charge in [-0.15, -0.1) is 0 Å². The molecule has 27 heavy (non-hydrogen) atoms. The number of carbonyl (C=O) groups excluding carboxylic acids is 2. The van der Waals surface area contributed by atoms with Gasteiger partial charge in [0.25, 0.3) is 0 Å². The first-order valence-electron chi connectivity index (χ1n) is 9.86. The lowest BCUT2D eigenvalue weighted by molar-refractivity contribution is 0.0951. The summed E-state index contributed by atoms with van der Waals surface area (Å²) in [6.07, 6.45) is 3.30. The molecule has 0 amide bonds. The number of hydrogen-bond donors (Lipinski definition) is 0. The van der Waals surface area contributed by atoms with Crippen LogP contribution in [0.1, 0.15) is 70.9 Å². The molecule has 4 rings (SSSR count). The number of ketones is 2. The quantitative estimate of drug-likeness (QED) is 0.766. The number of likely N-dealkylation sites (tertiary alicyclic amines) is 1. The first kappa shape index (κ1) is 17.7. The first-order valence-corrected chi connectivity index (χ1v) is 9.86. The zero-order chi connectivity index (χ0) is 19.0. The van der Waals surface area contributed by atoms with Crippen molar-refractivity contribution in [2.75, 3.05) is 13.1 Å². The Kier molecular flexibility index (Phi) is 4.69. The standard InChI is InChI=1S/C24H25NO2/c1-16(2)17-10-12-18(13-11-17)21-22(25-14-6-3-7-15-25)24(27)20-9-5-4-8-19(20)23(21)26/h4-5,8-13,16H,3,6-7,14-15H2,1-2H3. The predicted molar refractivity (Wildman–Crippen MR) is 108 cm³/mol. The molecule has 0 saturated carbocycles. The highest BCUT2D eigenvalue weighted by Crippen LogP contribution is 2.35. The first-order chi connectivity index (χ1) is 13.1. The summed E-state index contributed by atoms with van der Waals surface area (Å²) in [5.41, 5.74) is 4.28. The Morgan fingerprint density at radius 2 is 1.37 bits per heavy atom. The molecular weight excluding hydrogens is 334 g/mol. The van der Waals surface area contributed by atoms with Crippen molar-refractivity contribution in [2.45, 2.75) is 39.0 Å². The fraction of sp³-hybridized carbons (Fsp3) is 0.333. The van der Waals surface area contributed by atoms with E-state index in [0.29, 0.717) is 28.3 Å². The molecule has 0 aromatic heterocycles. The summed E-state index contributed by atoms with van der Waals surface area (Å²) in [5, 5.41) is 0. The molecule has 0 unspecified atom stereocenters. The molecule has 2 aliphatic rings. The lowest BCUT2D eigenvalue weighted by Gasteiger charge is -2.34. The number of nitrogens with zero attached hydrogens (tertiary/aromatic N) is 1. The Bertz CT molecular complexity index is 916.